The van der Waals surface area contributed by atoms with Crippen LogP contribution in [0, 0.1) is 0 Å². The van der Waals surface area contributed by atoms with E-state index in [0.717, 1.165) is 21.3 Å². The van der Waals surface area contributed by atoms with Crippen molar-refractivity contribution < 1.29 is 14.7 Å². The minimum Gasteiger partial charge on any atom is -0.550 e. The molecule has 2 aromatic carbocycles. The van der Waals surface area contributed by atoms with Gasteiger partial charge >= 0.3 is 0 Å². The van der Waals surface area contributed by atoms with Crippen LogP contribution < -0.4 is 5.11 Å². The average Bonchev–Trinajstić information content (AvgIpc) is 3.06. The van der Waals surface area contributed by atoms with Gasteiger partial charge in [-0.15, -0.1) is 0 Å². The summed E-state index contributed by atoms with van der Waals surface area (Å²) in [4.78, 5) is 23.2. The second-order valence-corrected chi connectivity index (χ2v) is 6.71. The molecule has 0 saturated carbocycles. The van der Waals surface area contributed by atoms with Crippen molar-refractivity contribution in [2.75, 3.05) is 0 Å². The van der Waals surface area contributed by atoms with Crippen LogP contribution in [0.3, 0.4) is 0 Å². The van der Waals surface area contributed by atoms with Crippen LogP contribution >= 0.6 is 15.9 Å². The first-order valence-corrected chi connectivity index (χ1v) is 8.74. The van der Waals surface area contributed by atoms with Gasteiger partial charge in [0.15, 0.2) is 0 Å². The summed E-state index contributed by atoms with van der Waals surface area (Å²) in [6, 6.07) is 17.2. The van der Waals surface area contributed by atoms with E-state index < -0.39 is 5.97 Å². The number of carbonyl (C=O) groups is 2. The highest BCUT2D eigenvalue weighted by Crippen LogP contribution is 2.33. The second-order valence-electron chi connectivity index (χ2n) is 5.79. The molecule has 5 nitrogen and oxygen atoms in total. The summed E-state index contributed by atoms with van der Waals surface area (Å²) in [6.45, 7) is 0. The number of benzene rings is 2. The molecule has 0 spiro atoms. The summed E-state index contributed by atoms with van der Waals surface area (Å²) >= 11 is 3.41. The van der Waals surface area contributed by atoms with E-state index in [1.54, 1.807) is 0 Å². The Bertz CT molecular complexity index is 803. The lowest BCUT2D eigenvalue weighted by molar-refractivity contribution is -0.305. The van der Waals surface area contributed by atoms with Gasteiger partial charge in [-0.2, -0.15) is 5.10 Å². The number of hydrogen-bond donors (Lipinski definition) is 0. The van der Waals surface area contributed by atoms with Crippen LogP contribution in [-0.4, -0.2) is 22.6 Å². The number of carboxylic acid groups (broad SMARTS) is 1. The molecule has 6 heteroatoms. The summed E-state index contributed by atoms with van der Waals surface area (Å²) in [5.74, 6) is -1.55. The Morgan fingerprint density at radius 1 is 1.08 bits per heavy atom. The first kappa shape index (κ1) is 17.4. The standard InChI is InChI=1S/C19H17BrN2O3/c20-15-8-6-14(7-9-15)17-12-16(13-4-2-1-3-5-13)21-22(17)18(23)10-11-19(24)25/h1-9,17H,10-12H2,(H,24,25)/p-1. The van der Waals surface area contributed by atoms with E-state index in [1.807, 2.05) is 54.6 Å². The molecule has 128 valence electrons. The number of amides is 1. The number of aliphatic carboxylic acids is 1. The highest BCUT2D eigenvalue weighted by molar-refractivity contribution is 9.10. The fraction of sp³-hybridized carbons (Fsp3) is 0.211. The number of nitrogens with zero attached hydrogens (tertiary/aromatic N) is 2. The molecule has 0 saturated heterocycles. The lowest BCUT2D eigenvalue weighted by atomic mass is 9.98. The van der Waals surface area contributed by atoms with Gasteiger partial charge in [0.25, 0.3) is 0 Å². The van der Waals surface area contributed by atoms with Crippen molar-refractivity contribution >= 4 is 33.5 Å². The maximum atomic E-state index is 12.5. The first-order chi connectivity index (χ1) is 12.0. The molecule has 1 atom stereocenters. The predicted octanol–water partition coefficient (Wildman–Crippen LogP) is 2.66. The van der Waals surface area contributed by atoms with E-state index in [-0.39, 0.29) is 24.8 Å². The highest BCUT2D eigenvalue weighted by Gasteiger charge is 2.32. The molecule has 0 radical (unpaired) electrons. The molecule has 1 aliphatic rings. The van der Waals surface area contributed by atoms with Crippen molar-refractivity contribution in [3.63, 3.8) is 0 Å². The average molecular weight is 400 g/mol. The quantitative estimate of drug-likeness (QED) is 0.775. The zero-order valence-electron chi connectivity index (χ0n) is 13.4. The van der Waals surface area contributed by atoms with Crippen molar-refractivity contribution in [2.24, 2.45) is 5.10 Å². The zero-order chi connectivity index (χ0) is 17.8. The number of carboxylic acids is 1. The van der Waals surface area contributed by atoms with Crippen LogP contribution in [0.1, 0.15) is 36.4 Å². The Morgan fingerprint density at radius 2 is 1.76 bits per heavy atom. The summed E-state index contributed by atoms with van der Waals surface area (Å²) in [5, 5.41) is 16.6. The fourth-order valence-corrected chi connectivity index (χ4v) is 3.08. The molecule has 1 amide bonds. The van der Waals surface area contributed by atoms with Crippen LogP contribution in [-0.2, 0) is 9.59 Å². The monoisotopic (exact) mass is 399 g/mol. The van der Waals surface area contributed by atoms with Gasteiger partial charge in [0.2, 0.25) is 5.91 Å². The second kappa shape index (κ2) is 7.61. The van der Waals surface area contributed by atoms with Crippen LogP contribution in [0.2, 0.25) is 0 Å². The predicted molar refractivity (Wildman–Crippen MR) is 95.6 cm³/mol. The molecule has 0 aliphatic carbocycles. The summed E-state index contributed by atoms with van der Waals surface area (Å²) in [7, 11) is 0. The maximum absolute atomic E-state index is 12.5. The van der Waals surface area contributed by atoms with Gasteiger partial charge in [-0.05, 0) is 29.7 Å². The van der Waals surface area contributed by atoms with E-state index in [4.69, 9.17) is 0 Å². The van der Waals surface area contributed by atoms with E-state index >= 15 is 0 Å². The summed E-state index contributed by atoms with van der Waals surface area (Å²) in [5.41, 5.74) is 2.73. The fourth-order valence-electron chi connectivity index (χ4n) is 2.81. The van der Waals surface area contributed by atoms with Gasteiger partial charge in [0, 0.05) is 23.3 Å². The van der Waals surface area contributed by atoms with Gasteiger partial charge in [0.1, 0.15) is 0 Å². The van der Waals surface area contributed by atoms with Gasteiger partial charge < -0.3 is 9.90 Å². The minimum absolute atomic E-state index is 0.124. The van der Waals surface area contributed by atoms with Crippen LogP contribution in [0.4, 0.5) is 0 Å². The number of carbonyl (C=O) groups excluding carboxylic acids is 2. The number of rotatable bonds is 5. The van der Waals surface area contributed by atoms with Crippen molar-refractivity contribution in [1.82, 2.24) is 5.01 Å². The minimum atomic E-state index is -1.24. The van der Waals surface area contributed by atoms with Crippen molar-refractivity contribution in [2.45, 2.75) is 25.3 Å². The molecule has 0 fully saturated rings. The summed E-state index contributed by atoms with van der Waals surface area (Å²) in [6.07, 6.45) is 0.155. The number of hydrogen-bond acceptors (Lipinski definition) is 4. The Hall–Kier alpha value is -2.47. The molecule has 3 rings (SSSR count). The topological polar surface area (TPSA) is 72.8 Å². The number of hydrazone groups is 1. The maximum Gasteiger partial charge on any atom is 0.243 e. The molecule has 1 heterocycles. The third kappa shape index (κ3) is 4.14. The molecular weight excluding hydrogens is 384 g/mol. The van der Waals surface area contributed by atoms with Crippen molar-refractivity contribution in [1.29, 1.82) is 0 Å². The molecule has 1 unspecified atom stereocenters. The van der Waals surface area contributed by atoms with Crippen LogP contribution in [0.25, 0.3) is 0 Å². The van der Waals surface area contributed by atoms with Gasteiger partial charge in [-0.1, -0.05) is 58.4 Å². The lowest BCUT2D eigenvalue weighted by Crippen LogP contribution is -2.29. The lowest BCUT2D eigenvalue weighted by Gasteiger charge is -2.22. The SMILES string of the molecule is O=C([O-])CCC(=O)N1N=C(c2ccccc2)CC1c1ccc(Br)cc1. The van der Waals surface area contributed by atoms with Crippen LogP contribution in [0.5, 0.6) is 0 Å². The summed E-state index contributed by atoms with van der Waals surface area (Å²) < 4.78 is 0.952. The van der Waals surface area contributed by atoms with Gasteiger partial charge in [0.05, 0.1) is 11.8 Å². The van der Waals surface area contributed by atoms with E-state index in [2.05, 4.69) is 21.0 Å². The normalized spacial score (nSPS) is 16.6. The Kier molecular flexibility index (Phi) is 5.28. The van der Waals surface area contributed by atoms with Crippen molar-refractivity contribution in [3.05, 3.63) is 70.2 Å². The van der Waals surface area contributed by atoms with Crippen molar-refractivity contribution in [3.8, 4) is 0 Å². The molecule has 25 heavy (non-hydrogen) atoms. The third-order valence-corrected chi connectivity index (χ3v) is 4.60. The van der Waals surface area contributed by atoms with E-state index in [9.17, 15) is 14.7 Å². The Labute approximate surface area is 154 Å². The van der Waals surface area contributed by atoms with E-state index in [0.29, 0.717) is 6.42 Å². The Balaban J connectivity index is 1.89. The Morgan fingerprint density at radius 3 is 2.40 bits per heavy atom. The zero-order valence-corrected chi connectivity index (χ0v) is 15.0. The van der Waals surface area contributed by atoms with Crippen LogP contribution in [0.15, 0.2) is 64.2 Å². The molecular formula is C19H16BrN2O3-. The largest absolute Gasteiger partial charge is 0.550 e. The smallest absolute Gasteiger partial charge is 0.243 e. The highest BCUT2D eigenvalue weighted by atomic mass is 79.9. The van der Waals surface area contributed by atoms with Gasteiger partial charge in [-0.3, -0.25) is 4.79 Å². The number of halogens is 1. The molecule has 1 aliphatic heterocycles. The molecule has 0 aromatic heterocycles. The third-order valence-electron chi connectivity index (χ3n) is 4.07. The van der Waals surface area contributed by atoms with E-state index in [1.165, 1.54) is 5.01 Å². The molecule has 0 bridgehead atoms. The molecule has 2 aromatic rings. The molecule has 0 N–H and O–H groups in total. The van der Waals surface area contributed by atoms with Gasteiger partial charge in [-0.25, -0.2) is 5.01 Å². The first-order valence-electron chi connectivity index (χ1n) is 7.95.